The van der Waals surface area contributed by atoms with E-state index in [0.29, 0.717) is 72.8 Å². The van der Waals surface area contributed by atoms with Crippen molar-refractivity contribution in [3.63, 3.8) is 0 Å². The molecule has 1 unspecified atom stereocenters. The number of nitrogen functional groups attached to an aromatic ring is 2. The Hall–Kier alpha value is -9.43. The van der Waals surface area contributed by atoms with Crippen LogP contribution in [0.25, 0.3) is 38.9 Å². The normalized spacial score (nSPS) is 13.6. The topological polar surface area (TPSA) is 195 Å². The van der Waals surface area contributed by atoms with Gasteiger partial charge in [-0.3, -0.25) is 19.2 Å². The Morgan fingerprint density at radius 2 is 1.12 bits per heavy atom. The molecule has 14 heteroatoms. The molecular formula is C66H65N8O6+. The van der Waals surface area contributed by atoms with Gasteiger partial charge in [0.2, 0.25) is 16.7 Å². The summed E-state index contributed by atoms with van der Waals surface area (Å²) < 4.78 is 14.0. The highest BCUT2D eigenvalue weighted by Gasteiger charge is 2.34. The third-order valence-electron chi connectivity index (χ3n) is 14.7. The lowest BCUT2D eigenvalue weighted by molar-refractivity contribution is -0.538. The van der Waals surface area contributed by atoms with Crippen molar-refractivity contribution in [3.8, 4) is 22.6 Å². The number of nitrogens with one attached hydrogen (secondary N) is 2. The van der Waals surface area contributed by atoms with E-state index in [1.165, 1.54) is 0 Å². The number of aromatic nitrogens is 2. The van der Waals surface area contributed by atoms with Gasteiger partial charge < -0.3 is 36.5 Å². The molecule has 2 amide bonds. The van der Waals surface area contributed by atoms with E-state index in [1.54, 1.807) is 24.3 Å². The van der Waals surface area contributed by atoms with Gasteiger partial charge >= 0.3 is 11.9 Å². The van der Waals surface area contributed by atoms with Crippen LogP contribution in [0.1, 0.15) is 95.7 Å². The lowest BCUT2D eigenvalue weighted by atomic mass is 9.94. The van der Waals surface area contributed by atoms with Crippen LogP contribution < -0.4 is 36.3 Å². The summed E-state index contributed by atoms with van der Waals surface area (Å²) in [7, 11) is 0. The van der Waals surface area contributed by atoms with Crippen LogP contribution in [0.15, 0.2) is 174 Å². The minimum atomic E-state index is -0.322. The molecular weight excluding hydrogens is 1000 g/mol. The number of rotatable bonds is 19. The van der Waals surface area contributed by atoms with Gasteiger partial charge in [-0.25, -0.2) is 9.98 Å². The maximum Gasteiger partial charge on any atom is 0.311 e. The molecule has 0 radical (unpaired) electrons. The van der Waals surface area contributed by atoms with E-state index >= 15 is 0 Å². The molecule has 0 bridgehead atoms. The lowest BCUT2D eigenvalue weighted by Crippen LogP contribution is -2.40. The first-order chi connectivity index (χ1) is 38.8. The van der Waals surface area contributed by atoms with Crippen molar-refractivity contribution >= 4 is 80.0 Å². The average molecular weight is 1070 g/mol. The summed E-state index contributed by atoms with van der Waals surface area (Å²) in [5.41, 5.74) is 28.3. The number of amides is 2. The molecule has 6 N–H and O–H groups in total. The number of allylic oxidation sites excluding steroid dienone is 1. The number of hydrogen-bond donors (Lipinski definition) is 4. The summed E-state index contributed by atoms with van der Waals surface area (Å²) in [6, 6.07) is 46.1. The number of aryl methyl sites for hydroxylation is 3. The Morgan fingerprint density at radius 3 is 1.74 bits per heavy atom. The van der Waals surface area contributed by atoms with Crippen LogP contribution in [0.3, 0.4) is 0 Å². The Labute approximate surface area is 465 Å². The zero-order valence-electron chi connectivity index (χ0n) is 45.6. The van der Waals surface area contributed by atoms with E-state index in [4.69, 9.17) is 30.9 Å². The largest absolute Gasteiger partial charge is 0.426 e. The number of unbranched alkanes of at least 4 members (excludes halogenated alkanes) is 4. The van der Waals surface area contributed by atoms with Gasteiger partial charge in [0.25, 0.3) is 11.8 Å². The maximum absolute atomic E-state index is 13.1. The Morgan fingerprint density at radius 1 is 0.588 bits per heavy atom. The van der Waals surface area contributed by atoms with E-state index in [-0.39, 0.29) is 42.6 Å². The number of fused-ring (bicyclic) bond motifs is 4. The average Bonchev–Trinajstić information content (AvgIpc) is 3.59. The molecule has 1 aliphatic heterocycles. The van der Waals surface area contributed by atoms with Crippen molar-refractivity contribution in [3.05, 3.63) is 197 Å². The zero-order chi connectivity index (χ0) is 55.9. The van der Waals surface area contributed by atoms with Crippen LogP contribution in [0.2, 0.25) is 0 Å². The van der Waals surface area contributed by atoms with Crippen LogP contribution in [-0.2, 0) is 14.3 Å². The standard InChI is InChI=1S/C66H64N8O6/c1-41-33-53-57(37-51(41)67)73(49-17-9-5-10-18-49)59-39-61(43(3)35-55(59)71-53)79-63(75)21-13-7-15-31-69-65(77)47-27-23-45(24-28-47)46-25-29-48(30-26-46)66(78)70-32-16-8-14-22-64(76)80-62-40-60-56(36-44(62)4)72-54-34-42(2)52(68)38-58(54)74(60)50-19-11-6-12-20-50/h5-6,9-12,17-20,23-30,33-40,59,68H,7-8,13-16,21-22,31-32,67H2,1-4H3,(H2,69,70,77,78)/p+1. The molecule has 10 rings (SSSR count). The monoisotopic (exact) mass is 1070 g/mol. The minimum absolute atomic E-state index is 0.174. The summed E-state index contributed by atoms with van der Waals surface area (Å²) in [4.78, 5) is 64.3. The van der Waals surface area contributed by atoms with E-state index in [0.717, 1.165) is 96.8 Å². The van der Waals surface area contributed by atoms with Gasteiger partial charge in [-0.1, -0.05) is 73.5 Å². The molecule has 1 aliphatic carbocycles. The lowest BCUT2D eigenvalue weighted by Gasteiger charge is -2.38. The highest BCUT2D eigenvalue weighted by atomic mass is 16.5. The van der Waals surface area contributed by atoms with Crippen molar-refractivity contribution in [2.75, 3.05) is 29.5 Å². The number of benzene rings is 7. The minimum Gasteiger partial charge on any atom is -0.426 e. The van der Waals surface area contributed by atoms with Crippen LogP contribution in [-0.4, -0.2) is 53.6 Å². The molecule has 0 fully saturated rings. The number of carbonyl (C=O) groups excluding carboxylic acids is 4. The third-order valence-corrected chi connectivity index (χ3v) is 14.7. The Balaban J connectivity index is 0.627. The number of carbonyl (C=O) groups is 4. The second-order valence-corrected chi connectivity index (χ2v) is 20.6. The number of hydrogen-bond acceptors (Lipinski definition) is 11. The van der Waals surface area contributed by atoms with E-state index in [9.17, 15) is 19.2 Å². The molecule has 0 spiro atoms. The van der Waals surface area contributed by atoms with Gasteiger partial charge in [-0.15, -0.1) is 4.57 Å². The van der Waals surface area contributed by atoms with Crippen LogP contribution in [0, 0.1) is 20.8 Å². The predicted molar refractivity (Wildman–Crippen MR) is 317 cm³/mol. The quantitative estimate of drug-likeness (QED) is 0.0151. The first-order valence-electron chi connectivity index (χ1n) is 27.3. The van der Waals surface area contributed by atoms with Crippen molar-refractivity contribution in [2.24, 2.45) is 4.99 Å². The molecule has 0 saturated heterocycles. The van der Waals surface area contributed by atoms with Crippen LogP contribution in [0.4, 0.5) is 28.4 Å². The van der Waals surface area contributed by atoms with Gasteiger partial charge in [0, 0.05) is 72.3 Å². The highest BCUT2D eigenvalue weighted by molar-refractivity contribution is 6.11. The predicted octanol–water partition coefficient (Wildman–Crippen LogP) is 12.3. The number of ether oxygens (including phenoxy) is 2. The van der Waals surface area contributed by atoms with Gasteiger partial charge in [0.1, 0.15) is 22.5 Å². The fraction of sp³-hybridized carbons (Fsp3) is 0.227. The molecule has 1 aromatic heterocycles. The summed E-state index contributed by atoms with van der Waals surface area (Å²) in [6.45, 7) is 8.72. The molecule has 80 heavy (non-hydrogen) atoms. The van der Waals surface area contributed by atoms with Gasteiger partial charge in [-0.2, -0.15) is 0 Å². The van der Waals surface area contributed by atoms with E-state index in [1.807, 2.05) is 161 Å². The SMILES string of the molecule is CC1=CC2=Nc3cc(C)c(N)cc3N(c3ccccc3)C2C=C1OC(=O)CCCCCNC(=O)c1ccc(-c2ccc(C(=O)NCCCCCC(=O)Oc3cc4c(cc3C)nc3cc(C)c(N)cc3[n+]4-c3ccccc3)cc2)cc1. The van der Waals surface area contributed by atoms with Gasteiger partial charge in [0.15, 0.2) is 0 Å². The van der Waals surface area contributed by atoms with Crippen molar-refractivity contribution in [1.29, 1.82) is 0 Å². The first-order valence-corrected chi connectivity index (χ1v) is 27.3. The number of nitrogens with zero attached hydrogens (tertiary/aromatic N) is 4. The highest BCUT2D eigenvalue weighted by Crippen LogP contribution is 2.44. The van der Waals surface area contributed by atoms with Crippen molar-refractivity contribution in [1.82, 2.24) is 15.6 Å². The van der Waals surface area contributed by atoms with Gasteiger partial charge in [0.05, 0.1) is 29.2 Å². The molecule has 0 saturated carbocycles. The smallest absolute Gasteiger partial charge is 0.311 e. The number of esters is 2. The number of aliphatic imine (C=N–C) groups is 1. The van der Waals surface area contributed by atoms with E-state index in [2.05, 4.69) is 20.1 Å². The van der Waals surface area contributed by atoms with Gasteiger partial charge in [-0.05, 0) is 160 Å². The summed E-state index contributed by atoms with van der Waals surface area (Å²) >= 11 is 0. The van der Waals surface area contributed by atoms with E-state index < -0.39 is 0 Å². The zero-order valence-corrected chi connectivity index (χ0v) is 45.6. The van der Waals surface area contributed by atoms with Crippen molar-refractivity contribution in [2.45, 2.75) is 85.1 Å². The molecule has 14 nitrogen and oxygen atoms in total. The summed E-state index contributed by atoms with van der Waals surface area (Å²) in [5, 5.41) is 5.98. The second kappa shape index (κ2) is 24.1. The molecule has 2 aliphatic rings. The number of nitrogens with two attached hydrogens (primary N) is 2. The van der Waals surface area contributed by atoms with Crippen LogP contribution in [0.5, 0.6) is 5.75 Å². The maximum atomic E-state index is 13.1. The molecule has 8 aromatic rings. The first kappa shape index (κ1) is 53.9. The Kier molecular flexibility index (Phi) is 16.2. The summed E-state index contributed by atoms with van der Waals surface area (Å²) in [5.74, 6) is 0.0141. The third kappa shape index (κ3) is 12.1. The molecule has 1 atom stereocenters. The number of anilines is 4. The van der Waals surface area contributed by atoms with Crippen LogP contribution >= 0.6 is 0 Å². The second-order valence-electron chi connectivity index (χ2n) is 20.6. The molecule has 2 heterocycles. The molecule has 7 aromatic carbocycles. The van der Waals surface area contributed by atoms with Crippen molar-refractivity contribution < 1.29 is 33.2 Å². The fourth-order valence-corrected chi connectivity index (χ4v) is 10.2. The number of para-hydroxylation sites is 2. The molecule has 404 valence electrons. The Bertz CT molecular complexity index is 3760. The fourth-order valence-electron chi connectivity index (χ4n) is 10.2. The summed E-state index contributed by atoms with van der Waals surface area (Å²) in [6.07, 6.45) is 8.57.